The van der Waals surface area contributed by atoms with Crippen molar-refractivity contribution < 1.29 is 22.7 Å². The summed E-state index contributed by atoms with van der Waals surface area (Å²) in [5.41, 5.74) is 6.80. The number of amides is 1. The standard InChI is InChI=1S/C22H18F3N5O2/c1-12-10-30-19(21(31)29-28-15-8-6-14(23)7-9-15)13(2)27-20(30)22(26-12)32-11-16-17(24)4-3-5-18(16)25/h3-10,28H,11H2,1-2H3,(H,29,31). The van der Waals surface area contributed by atoms with Crippen molar-refractivity contribution in [2.75, 3.05) is 5.43 Å². The second-order valence-electron chi connectivity index (χ2n) is 7.00. The van der Waals surface area contributed by atoms with E-state index in [1.807, 2.05) is 0 Å². The predicted molar refractivity (Wildman–Crippen MR) is 111 cm³/mol. The van der Waals surface area contributed by atoms with E-state index in [9.17, 15) is 18.0 Å². The van der Waals surface area contributed by atoms with Gasteiger partial charge in [-0.05, 0) is 50.2 Å². The number of carbonyl (C=O) groups is 1. The van der Waals surface area contributed by atoms with E-state index in [0.29, 0.717) is 17.1 Å². The summed E-state index contributed by atoms with van der Waals surface area (Å²) in [6.07, 6.45) is 1.60. The highest BCUT2D eigenvalue weighted by atomic mass is 19.1. The molecule has 0 bridgehead atoms. The number of ether oxygens (including phenoxy) is 1. The van der Waals surface area contributed by atoms with Gasteiger partial charge in [0, 0.05) is 6.20 Å². The van der Waals surface area contributed by atoms with Gasteiger partial charge in [0.1, 0.15) is 29.8 Å². The summed E-state index contributed by atoms with van der Waals surface area (Å²) in [7, 11) is 0. The van der Waals surface area contributed by atoms with E-state index >= 15 is 0 Å². The van der Waals surface area contributed by atoms with Gasteiger partial charge in [0.05, 0.1) is 22.6 Å². The Morgan fingerprint density at radius 2 is 1.72 bits per heavy atom. The molecule has 4 aromatic rings. The molecule has 32 heavy (non-hydrogen) atoms. The molecule has 0 saturated carbocycles. The number of nitrogens with zero attached hydrogens (tertiary/aromatic N) is 3. The average Bonchev–Trinajstić information content (AvgIpc) is 3.08. The van der Waals surface area contributed by atoms with E-state index in [4.69, 9.17) is 4.74 Å². The largest absolute Gasteiger partial charge is 0.470 e. The topological polar surface area (TPSA) is 80.5 Å². The third kappa shape index (κ3) is 4.20. The maximum absolute atomic E-state index is 13.9. The molecule has 2 aromatic carbocycles. The van der Waals surface area contributed by atoms with Crippen LogP contribution in [0.25, 0.3) is 5.65 Å². The van der Waals surface area contributed by atoms with Crippen LogP contribution in [0.15, 0.2) is 48.7 Å². The van der Waals surface area contributed by atoms with Gasteiger partial charge in [0.25, 0.3) is 11.8 Å². The lowest BCUT2D eigenvalue weighted by Gasteiger charge is -2.11. The summed E-state index contributed by atoms with van der Waals surface area (Å²) in [5, 5.41) is 0. The number of fused-ring (bicyclic) bond motifs is 1. The Labute approximate surface area is 180 Å². The third-order valence-corrected chi connectivity index (χ3v) is 4.67. The van der Waals surface area contributed by atoms with Gasteiger partial charge in [-0.3, -0.25) is 20.0 Å². The highest BCUT2D eigenvalue weighted by Crippen LogP contribution is 2.23. The molecule has 2 N–H and O–H groups in total. The van der Waals surface area contributed by atoms with Gasteiger partial charge in [-0.1, -0.05) is 6.07 Å². The minimum Gasteiger partial charge on any atom is -0.470 e. The Hall–Kier alpha value is -4.08. The normalized spacial score (nSPS) is 10.9. The first-order chi connectivity index (χ1) is 15.3. The minimum atomic E-state index is -0.736. The van der Waals surface area contributed by atoms with E-state index in [2.05, 4.69) is 20.8 Å². The molecule has 0 atom stereocenters. The number of benzene rings is 2. The molecule has 0 fully saturated rings. The molecule has 4 rings (SSSR count). The van der Waals surface area contributed by atoms with Gasteiger partial charge in [0.15, 0.2) is 0 Å². The Kier molecular flexibility index (Phi) is 5.67. The van der Waals surface area contributed by atoms with Crippen molar-refractivity contribution in [2.45, 2.75) is 20.5 Å². The van der Waals surface area contributed by atoms with Crippen LogP contribution in [-0.2, 0) is 6.61 Å². The fourth-order valence-corrected chi connectivity index (χ4v) is 3.15. The molecule has 7 nitrogen and oxygen atoms in total. The van der Waals surface area contributed by atoms with E-state index in [1.165, 1.54) is 34.7 Å². The Balaban J connectivity index is 1.61. The average molecular weight is 441 g/mol. The first-order valence-corrected chi connectivity index (χ1v) is 9.57. The second-order valence-corrected chi connectivity index (χ2v) is 7.00. The minimum absolute atomic E-state index is 0.0290. The second kappa shape index (κ2) is 8.58. The summed E-state index contributed by atoms with van der Waals surface area (Å²) in [4.78, 5) is 21.4. The van der Waals surface area contributed by atoms with Gasteiger partial charge in [-0.25, -0.2) is 23.1 Å². The van der Waals surface area contributed by atoms with Crippen LogP contribution in [0, 0.1) is 31.3 Å². The molecular formula is C22H18F3N5O2. The van der Waals surface area contributed by atoms with Crippen LogP contribution in [0.4, 0.5) is 18.9 Å². The number of nitrogens with one attached hydrogen (secondary N) is 2. The van der Waals surface area contributed by atoms with E-state index in [-0.39, 0.29) is 22.8 Å². The van der Waals surface area contributed by atoms with E-state index < -0.39 is 30.0 Å². The van der Waals surface area contributed by atoms with Crippen LogP contribution in [0.3, 0.4) is 0 Å². The number of halogens is 3. The highest BCUT2D eigenvalue weighted by Gasteiger charge is 2.21. The number of carbonyl (C=O) groups excluding carboxylic acids is 1. The van der Waals surface area contributed by atoms with Crippen molar-refractivity contribution in [1.82, 2.24) is 19.8 Å². The lowest BCUT2D eigenvalue weighted by atomic mass is 10.2. The highest BCUT2D eigenvalue weighted by molar-refractivity contribution is 5.95. The summed E-state index contributed by atoms with van der Waals surface area (Å²) < 4.78 is 48.0. The van der Waals surface area contributed by atoms with Crippen LogP contribution in [0.2, 0.25) is 0 Å². The zero-order valence-electron chi connectivity index (χ0n) is 17.1. The van der Waals surface area contributed by atoms with Gasteiger partial charge in [-0.2, -0.15) is 0 Å². The molecule has 0 aliphatic carbocycles. The van der Waals surface area contributed by atoms with Gasteiger partial charge < -0.3 is 4.74 Å². The smallest absolute Gasteiger partial charge is 0.288 e. The molecular weight excluding hydrogens is 423 g/mol. The molecule has 2 aromatic heterocycles. The number of aromatic nitrogens is 3. The first kappa shape index (κ1) is 21.2. The monoisotopic (exact) mass is 441 g/mol. The van der Waals surface area contributed by atoms with Crippen molar-refractivity contribution in [1.29, 1.82) is 0 Å². The number of rotatable bonds is 6. The van der Waals surface area contributed by atoms with Crippen molar-refractivity contribution >= 4 is 17.2 Å². The zero-order valence-corrected chi connectivity index (χ0v) is 17.1. The number of aryl methyl sites for hydroxylation is 2. The maximum atomic E-state index is 13.9. The molecule has 1 amide bonds. The number of hydrogen-bond donors (Lipinski definition) is 2. The van der Waals surface area contributed by atoms with Gasteiger partial charge in [0.2, 0.25) is 5.65 Å². The predicted octanol–water partition coefficient (Wildman–Crippen LogP) is 4.10. The maximum Gasteiger partial charge on any atom is 0.288 e. The first-order valence-electron chi connectivity index (χ1n) is 9.57. The van der Waals surface area contributed by atoms with Crippen LogP contribution >= 0.6 is 0 Å². The zero-order chi connectivity index (χ0) is 22.8. The Bertz CT molecular complexity index is 1290. The molecule has 2 heterocycles. The van der Waals surface area contributed by atoms with Crippen LogP contribution < -0.4 is 15.6 Å². The van der Waals surface area contributed by atoms with Crippen LogP contribution in [0.5, 0.6) is 5.88 Å². The molecule has 0 spiro atoms. The lowest BCUT2D eigenvalue weighted by molar-refractivity contribution is 0.0956. The van der Waals surface area contributed by atoms with Crippen molar-refractivity contribution in [3.8, 4) is 5.88 Å². The fraction of sp³-hybridized carbons (Fsp3) is 0.136. The lowest BCUT2D eigenvalue weighted by Crippen LogP contribution is -2.30. The molecule has 10 heteroatoms. The molecule has 0 saturated heterocycles. The quantitative estimate of drug-likeness (QED) is 0.441. The molecule has 164 valence electrons. The summed E-state index contributed by atoms with van der Waals surface area (Å²) >= 11 is 0. The third-order valence-electron chi connectivity index (χ3n) is 4.67. The SMILES string of the molecule is Cc1cn2c(C(=O)NNc3ccc(F)cc3)c(C)nc2c(OCc2c(F)cccc2F)n1. The number of hydrazine groups is 1. The molecule has 0 aliphatic rings. The van der Waals surface area contributed by atoms with Crippen molar-refractivity contribution in [3.63, 3.8) is 0 Å². The summed E-state index contributed by atoms with van der Waals surface area (Å²) in [6, 6.07) is 8.99. The molecule has 0 radical (unpaired) electrons. The van der Waals surface area contributed by atoms with Gasteiger partial charge >= 0.3 is 0 Å². The number of hydrogen-bond acceptors (Lipinski definition) is 5. The van der Waals surface area contributed by atoms with Crippen LogP contribution in [0.1, 0.15) is 27.4 Å². The van der Waals surface area contributed by atoms with Crippen molar-refractivity contribution in [2.24, 2.45) is 0 Å². The summed E-state index contributed by atoms with van der Waals surface area (Å²) in [5.74, 6) is -2.34. The van der Waals surface area contributed by atoms with E-state index in [1.54, 1.807) is 20.0 Å². The molecule has 0 unspecified atom stereocenters. The van der Waals surface area contributed by atoms with Crippen LogP contribution in [-0.4, -0.2) is 20.3 Å². The Morgan fingerprint density at radius 3 is 2.41 bits per heavy atom. The van der Waals surface area contributed by atoms with E-state index in [0.717, 1.165) is 12.1 Å². The molecule has 0 aliphatic heterocycles. The number of anilines is 1. The van der Waals surface area contributed by atoms with Gasteiger partial charge in [-0.15, -0.1) is 0 Å². The number of imidazole rings is 1. The Morgan fingerprint density at radius 1 is 1.03 bits per heavy atom. The summed E-state index contributed by atoms with van der Waals surface area (Å²) in [6.45, 7) is 2.92. The fourth-order valence-electron chi connectivity index (χ4n) is 3.15. The van der Waals surface area contributed by atoms with Crippen molar-refractivity contribution in [3.05, 3.63) is 88.8 Å².